The SMILES string of the molecule is O=C(c1cccc(C(F)(F)F)c1)c1ccc(Nc2noc3cccnc23)cc1Cl. The molecule has 0 aliphatic heterocycles. The molecule has 0 fully saturated rings. The van der Waals surface area contributed by atoms with Crippen LogP contribution in [0.2, 0.25) is 5.02 Å². The number of rotatable bonds is 4. The molecule has 2 heterocycles. The highest BCUT2D eigenvalue weighted by atomic mass is 35.5. The van der Waals surface area contributed by atoms with Crippen molar-refractivity contribution in [3.05, 3.63) is 82.5 Å². The molecule has 0 aliphatic carbocycles. The lowest BCUT2D eigenvalue weighted by atomic mass is 10.0. The number of carbonyl (C=O) groups excluding carboxylic acids is 1. The van der Waals surface area contributed by atoms with Gasteiger partial charge in [-0.25, -0.2) is 4.98 Å². The third-order valence-corrected chi connectivity index (χ3v) is 4.47. The third kappa shape index (κ3) is 3.79. The molecule has 0 spiro atoms. The second-order valence-electron chi connectivity index (χ2n) is 6.11. The fourth-order valence-electron chi connectivity index (χ4n) is 2.77. The number of carbonyl (C=O) groups is 1. The Morgan fingerprint density at radius 1 is 1.07 bits per heavy atom. The molecule has 9 heteroatoms. The van der Waals surface area contributed by atoms with Gasteiger partial charge in [-0.2, -0.15) is 13.2 Å². The van der Waals surface area contributed by atoms with Gasteiger partial charge < -0.3 is 9.84 Å². The van der Waals surface area contributed by atoms with Gasteiger partial charge >= 0.3 is 6.18 Å². The van der Waals surface area contributed by atoms with Gasteiger partial charge in [0.1, 0.15) is 0 Å². The van der Waals surface area contributed by atoms with E-state index in [4.69, 9.17) is 16.1 Å². The summed E-state index contributed by atoms with van der Waals surface area (Å²) < 4.78 is 43.8. The molecule has 2 aromatic heterocycles. The summed E-state index contributed by atoms with van der Waals surface area (Å²) >= 11 is 6.22. The monoisotopic (exact) mass is 417 g/mol. The van der Waals surface area contributed by atoms with Crippen LogP contribution in [-0.2, 0) is 6.18 Å². The number of halogens is 4. The summed E-state index contributed by atoms with van der Waals surface area (Å²) in [5.74, 6) is -0.241. The second kappa shape index (κ2) is 7.21. The zero-order valence-electron chi connectivity index (χ0n) is 14.5. The predicted molar refractivity (Wildman–Crippen MR) is 101 cm³/mol. The maximum atomic E-state index is 12.9. The quantitative estimate of drug-likeness (QED) is 0.420. The van der Waals surface area contributed by atoms with Crippen LogP contribution in [0.1, 0.15) is 21.5 Å². The Kier molecular flexibility index (Phi) is 4.71. The minimum atomic E-state index is -4.54. The Morgan fingerprint density at radius 2 is 1.90 bits per heavy atom. The van der Waals surface area contributed by atoms with Gasteiger partial charge in [-0.15, -0.1) is 0 Å². The van der Waals surface area contributed by atoms with Gasteiger partial charge in [-0.05, 0) is 42.5 Å². The van der Waals surface area contributed by atoms with Crippen LogP contribution in [0.5, 0.6) is 0 Å². The van der Waals surface area contributed by atoms with E-state index < -0.39 is 17.5 Å². The van der Waals surface area contributed by atoms with E-state index in [0.29, 0.717) is 22.6 Å². The van der Waals surface area contributed by atoms with Crippen molar-refractivity contribution in [1.82, 2.24) is 10.1 Å². The summed E-state index contributed by atoms with van der Waals surface area (Å²) in [7, 11) is 0. The largest absolute Gasteiger partial charge is 0.416 e. The van der Waals surface area contributed by atoms with Crippen molar-refractivity contribution < 1.29 is 22.5 Å². The Hall–Kier alpha value is -3.39. The van der Waals surface area contributed by atoms with E-state index in [-0.39, 0.29) is 16.1 Å². The molecule has 0 saturated heterocycles. The van der Waals surface area contributed by atoms with Crippen LogP contribution in [0, 0.1) is 0 Å². The Balaban J connectivity index is 1.61. The average Bonchev–Trinajstić information content (AvgIpc) is 3.10. The van der Waals surface area contributed by atoms with Crippen molar-refractivity contribution in [2.45, 2.75) is 6.18 Å². The number of nitrogens with one attached hydrogen (secondary N) is 1. The lowest BCUT2D eigenvalue weighted by molar-refractivity contribution is -0.137. The standard InChI is InChI=1S/C20H11ClF3N3O2/c21-15-10-13(26-19-17-16(29-27-19)5-2-8-25-17)6-7-14(15)18(28)11-3-1-4-12(9-11)20(22,23)24/h1-10H,(H,26,27). The number of aromatic nitrogens is 2. The molecule has 146 valence electrons. The number of anilines is 2. The predicted octanol–water partition coefficient (Wildman–Crippen LogP) is 5.87. The first-order chi connectivity index (χ1) is 13.8. The number of benzene rings is 2. The normalized spacial score (nSPS) is 11.6. The van der Waals surface area contributed by atoms with Gasteiger partial charge in [-0.1, -0.05) is 28.9 Å². The maximum absolute atomic E-state index is 12.9. The van der Waals surface area contributed by atoms with Crippen LogP contribution in [0.15, 0.2) is 65.3 Å². The molecule has 4 rings (SSSR count). The summed E-state index contributed by atoms with van der Waals surface area (Å²) in [5, 5.41) is 6.97. The lowest BCUT2D eigenvalue weighted by Gasteiger charge is -2.10. The van der Waals surface area contributed by atoms with Crippen LogP contribution in [0.4, 0.5) is 24.7 Å². The smallest absolute Gasteiger partial charge is 0.352 e. The molecule has 5 nitrogen and oxygen atoms in total. The zero-order valence-corrected chi connectivity index (χ0v) is 15.3. The average molecular weight is 418 g/mol. The van der Waals surface area contributed by atoms with Crippen molar-refractivity contribution in [1.29, 1.82) is 0 Å². The van der Waals surface area contributed by atoms with Crippen LogP contribution in [0.3, 0.4) is 0 Å². The van der Waals surface area contributed by atoms with Crippen molar-refractivity contribution in [3.63, 3.8) is 0 Å². The fraction of sp³-hybridized carbons (Fsp3) is 0.0500. The first kappa shape index (κ1) is 18.9. The zero-order chi connectivity index (χ0) is 20.6. The number of nitrogens with zero attached hydrogens (tertiary/aromatic N) is 2. The molecule has 4 aromatic rings. The van der Waals surface area contributed by atoms with E-state index in [2.05, 4.69) is 15.5 Å². The molecule has 0 bridgehead atoms. The van der Waals surface area contributed by atoms with E-state index in [9.17, 15) is 18.0 Å². The number of alkyl halides is 3. The van der Waals surface area contributed by atoms with Crippen LogP contribution in [0.25, 0.3) is 11.1 Å². The first-order valence-corrected chi connectivity index (χ1v) is 8.69. The van der Waals surface area contributed by atoms with Gasteiger partial charge in [0.05, 0.1) is 10.6 Å². The summed E-state index contributed by atoms with van der Waals surface area (Å²) in [5.41, 5.74) is 0.610. The van der Waals surface area contributed by atoms with E-state index in [1.807, 2.05) is 0 Å². The summed E-state index contributed by atoms with van der Waals surface area (Å²) in [6.07, 6.45) is -2.95. The number of ketones is 1. The molecular formula is C20H11ClF3N3O2. The Labute approximate surface area is 167 Å². The van der Waals surface area contributed by atoms with Crippen LogP contribution >= 0.6 is 11.6 Å². The number of pyridine rings is 1. The molecule has 1 N–H and O–H groups in total. The fourth-order valence-corrected chi connectivity index (χ4v) is 3.03. The van der Waals surface area contributed by atoms with Crippen molar-refractivity contribution in [2.24, 2.45) is 0 Å². The molecule has 29 heavy (non-hydrogen) atoms. The number of fused-ring (bicyclic) bond motifs is 1. The Bertz CT molecular complexity index is 1220. The van der Waals surface area contributed by atoms with E-state index in [1.54, 1.807) is 24.4 Å². The highest BCUT2D eigenvalue weighted by Gasteiger charge is 2.31. The van der Waals surface area contributed by atoms with Crippen LogP contribution < -0.4 is 5.32 Å². The molecular weight excluding hydrogens is 407 g/mol. The molecule has 0 radical (unpaired) electrons. The minimum Gasteiger partial charge on any atom is -0.352 e. The number of hydrogen-bond donors (Lipinski definition) is 1. The molecule has 2 aromatic carbocycles. The summed E-state index contributed by atoms with van der Waals surface area (Å²) in [4.78, 5) is 16.8. The molecule has 0 saturated carbocycles. The molecule has 0 atom stereocenters. The van der Waals surface area contributed by atoms with E-state index >= 15 is 0 Å². The van der Waals surface area contributed by atoms with Gasteiger partial charge in [0.2, 0.25) is 0 Å². The van der Waals surface area contributed by atoms with E-state index in [1.165, 1.54) is 24.3 Å². The molecule has 0 amide bonds. The van der Waals surface area contributed by atoms with Crippen molar-refractivity contribution >= 4 is 40.0 Å². The third-order valence-electron chi connectivity index (χ3n) is 4.16. The summed E-state index contributed by atoms with van der Waals surface area (Å²) in [6, 6.07) is 12.1. The van der Waals surface area contributed by atoms with Crippen LogP contribution in [-0.4, -0.2) is 15.9 Å². The molecule has 0 aliphatic rings. The van der Waals surface area contributed by atoms with Crippen molar-refractivity contribution in [2.75, 3.05) is 5.32 Å². The van der Waals surface area contributed by atoms with Gasteiger partial charge in [0.25, 0.3) is 0 Å². The Morgan fingerprint density at radius 3 is 2.66 bits per heavy atom. The number of hydrogen-bond acceptors (Lipinski definition) is 5. The summed E-state index contributed by atoms with van der Waals surface area (Å²) in [6.45, 7) is 0. The first-order valence-electron chi connectivity index (χ1n) is 8.32. The van der Waals surface area contributed by atoms with E-state index in [0.717, 1.165) is 12.1 Å². The lowest BCUT2D eigenvalue weighted by Crippen LogP contribution is -2.08. The van der Waals surface area contributed by atoms with Crippen molar-refractivity contribution in [3.8, 4) is 0 Å². The highest BCUT2D eigenvalue weighted by molar-refractivity contribution is 6.35. The maximum Gasteiger partial charge on any atom is 0.416 e. The highest BCUT2D eigenvalue weighted by Crippen LogP contribution is 2.31. The van der Waals surface area contributed by atoms with Gasteiger partial charge in [0, 0.05) is 23.0 Å². The van der Waals surface area contributed by atoms with Gasteiger partial charge in [0.15, 0.2) is 22.7 Å². The molecule has 0 unspecified atom stereocenters. The topological polar surface area (TPSA) is 68.0 Å². The minimum absolute atomic E-state index is 0.0816. The second-order valence-corrected chi connectivity index (χ2v) is 6.52. The van der Waals surface area contributed by atoms with Gasteiger partial charge in [-0.3, -0.25) is 4.79 Å².